The Morgan fingerprint density at radius 1 is 1.71 bits per heavy atom. The van der Waals surface area contributed by atoms with E-state index in [4.69, 9.17) is 10.5 Å². The molecule has 0 amide bonds. The van der Waals surface area contributed by atoms with Crippen molar-refractivity contribution in [3.63, 3.8) is 0 Å². The lowest BCUT2D eigenvalue weighted by molar-refractivity contribution is -0.386. The molecule has 1 rings (SSSR count). The van der Waals surface area contributed by atoms with E-state index in [1.54, 1.807) is 6.08 Å². The van der Waals surface area contributed by atoms with Crippen LogP contribution in [0.5, 0.6) is 11.5 Å². The molecule has 0 aliphatic rings. The van der Waals surface area contributed by atoms with E-state index in [0.29, 0.717) is 12.0 Å². The number of rotatable bonds is 5. The van der Waals surface area contributed by atoms with Crippen molar-refractivity contribution in [3.05, 3.63) is 40.5 Å². The van der Waals surface area contributed by atoms with Gasteiger partial charge in [-0.05, 0) is 18.1 Å². The monoisotopic (exact) mass is 238 g/mol. The minimum absolute atomic E-state index is 0.0358. The molecule has 3 N–H and O–H groups in total. The van der Waals surface area contributed by atoms with Crippen LogP contribution in [0.3, 0.4) is 0 Å². The average molecular weight is 238 g/mol. The molecule has 6 heteroatoms. The highest BCUT2D eigenvalue weighted by Crippen LogP contribution is 2.38. The molecule has 92 valence electrons. The third kappa shape index (κ3) is 2.73. The number of phenolic OH excluding ortho intramolecular Hbond substituents is 1. The van der Waals surface area contributed by atoms with Gasteiger partial charge >= 0.3 is 5.69 Å². The lowest BCUT2D eigenvalue weighted by Gasteiger charge is -2.12. The van der Waals surface area contributed by atoms with Gasteiger partial charge in [0.25, 0.3) is 0 Å². The molecule has 0 radical (unpaired) electrons. The summed E-state index contributed by atoms with van der Waals surface area (Å²) in [5.74, 6) is -0.458. The number of hydrogen-bond acceptors (Lipinski definition) is 5. The number of nitrogens with zero attached hydrogens (tertiary/aromatic N) is 1. The van der Waals surface area contributed by atoms with Crippen molar-refractivity contribution in [2.45, 2.75) is 12.5 Å². The van der Waals surface area contributed by atoms with E-state index in [0.717, 1.165) is 0 Å². The van der Waals surface area contributed by atoms with Crippen LogP contribution in [0.15, 0.2) is 24.8 Å². The predicted octanol–water partition coefficient (Wildman–Crippen LogP) is 1.88. The number of nitro groups is 1. The number of ether oxygens (including phenoxy) is 1. The summed E-state index contributed by atoms with van der Waals surface area (Å²) in [4.78, 5) is 10.1. The van der Waals surface area contributed by atoms with Crippen LogP contribution in [0.25, 0.3) is 0 Å². The molecule has 0 unspecified atom stereocenters. The van der Waals surface area contributed by atoms with Gasteiger partial charge in [-0.25, -0.2) is 0 Å². The first-order chi connectivity index (χ1) is 8.01. The van der Waals surface area contributed by atoms with Crippen molar-refractivity contribution in [1.29, 1.82) is 0 Å². The first-order valence-corrected chi connectivity index (χ1v) is 4.93. The van der Waals surface area contributed by atoms with E-state index in [1.807, 2.05) is 0 Å². The van der Waals surface area contributed by atoms with E-state index in [9.17, 15) is 15.2 Å². The summed E-state index contributed by atoms with van der Waals surface area (Å²) in [5.41, 5.74) is 5.92. The second kappa shape index (κ2) is 5.31. The number of benzene rings is 1. The average Bonchev–Trinajstić information content (AvgIpc) is 2.29. The van der Waals surface area contributed by atoms with Gasteiger partial charge in [0.05, 0.1) is 12.0 Å². The van der Waals surface area contributed by atoms with Crippen molar-refractivity contribution in [2.75, 3.05) is 7.11 Å². The zero-order chi connectivity index (χ0) is 13.0. The van der Waals surface area contributed by atoms with Crippen LogP contribution >= 0.6 is 0 Å². The quantitative estimate of drug-likeness (QED) is 0.463. The zero-order valence-corrected chi connectivity index (χ0v) is 9.42. The summed E-state index contributed by atoms with van der Waals surface area (Å²) in [5, 5.41) is 20.3. The molecular formula is C11H14N2O4. The lowest BCUT2D eigenvalue weighted by Crippen LogP contribution is -2.09. The molecule has 1 atom stereocenters. The summed E-state index contributed by atoms with van der Waals surface area (Å²) in [6, 6.07) is 2.31. The molecular weight excluding hydrogens is 224 g/mol. The summed E-state index contributed by atoms with van der Waals surface area (Å²) >= 11 is 0. The Morgan fingerprint density at radius 3 is 2.82 bits per heavy atom. The van der Waals surface area contributed by atoms with Crippen LogP contribution in [-0.2, 0) is 0 Å². The molecule has 0 aromatic heterocycles. The number of nitrogens with two attached hydrogens (primary N) is 1. The molecule has 0 aliphatic heterocycles. The second-order valence-corrected chi connectivity index (χ2v) is 3.48. The predicted molar refractivity (Wildman–Crippen MR) is 63.1 cm³/mol. The van der Waals surface area contributed by atoms with Crippen molar-refractivity contribution >= 4 is 5.69 Å². The third-order valence-electron chi connectivity index (χ3n) is 2.34. The van der Waals surface area contributed by atoms with Gasteiger partial charge in [0.15, 0.2) is 5.75 Å². The lowest BCUT2D eigenvalue weighted by atomic mass is 10.0. The van der Waals surface area contributed by atoms with Crippen LogP contribution in [0.4, 0.5) is 5.69 Å². The maximum absolute atomic E-state index is 10.8. The fourth-order valence-corrected chi connectivity index (χ4v) is 1.44. The minimum Gasteiger partial charge on any atom is -0.500 e. The summed E-state index contributed by atoms with van der Waals surface area (Å²) in [7, 11) is 1.32. The molecule has 0 bridgehead atoms. The van der Waals surface area contributed by atoms with Crippen molar-refractivity contribution < 1.29 is 14.8 Å². The van der Waals surface area contributed by atoms with Crippen molar-refractivity contribution in [1.82, 2.24) is 0 Å². The molecule has 1 aromatic rings. The maximum Gasteiger partial charge on any atom is 0.314 e. The third-order valence-corrected chi connectivity index (χ3v) is 2.34. The van der Waals surface area contributed by atoms with Gasteiger partial charge in [0.1, 0.15) is 0 Å². The number of phenols is 1. The van der Waals surface area contributed by atoms with Gasteiger partial charge in [0, 0.05) is 12.1 Å². The van der Waals surface area contributed by atoms with E-state index in [-0.39, 0.29) is 5.75 Å². The van der Waals surface area contributed by atoms with Crippen LogP contribution in [0.1, 0.15) is 18.0 Å². The van der Waals surface area contributed by atoms with Crippen LogP contribution < -0.4 is 10.5 Å². The number of aromatic hydroxyl groups is 1. The molecule has 0 aliphatic carbocycles. The number of methoxy groups -OCH3 is 1. The van der Waals surface area contributed by atoms with E-state index >= 15 is 0 Å². The highest BCUT2D eigenvalue weighted by atomic mass is 16.6. The van der Waals surface area contributed by atoms with Gasteiger partial charge < -0.3 is 15.6 Å². The molecule has 6 nitrogen and oxygen atoms in total. The topological polar surface area (TPSA) is 98.6 Å². The smallest absolute Gasteiger partial charge is 0.314 e. The Hall–Kier alpha value is -2.08. The molecule has 0 fully saturated rings. The van der Waals surface area contributed by atoms with Crippen LogP contribution in [0.2, 0.25) is 0 Å². The standard InChI is InChI=1S/C11H14N2O4/c1-3-4-8(12)7-5-9(13(15)16)11(14)10(6-7)17-2/h3,5-6,8,14H,1,4,12H2,2H3/t8-/m0/s1. The minimum atomic E-state index is -0.679. The number of hydrogen-bond donors (Lipinski definition) is 2. The first-order valence-electron chi connectivity index (χ1n) is 4.93. The van der Waals surface area contributed by atoms with E-state index in [2.05, 4.69) is 6.58 Å². The Balaban J connectivity index is 3.29. The van der Waals surface area contributed by atoms with Gasteiger partial charge in [-0.15, -0.1) is 6.58 Å². The fourth-order valence-electron chi connectivity index (χ4n) is 1.44. The summed E-state index contributed by atoms with van der Waals surface area (Å²) in [6.07, 6.45) is 2.10. The molecule has 17 heavy (non-hydrogen) atoms. The Bertz CT molecular complexity index is 445. The van der Waals surface area contributed by atoms with E-state index < -0.39 is 22.4 Å². The molecule has 0 spiro atoms. The summed E-state index contributed by atoms with van der Waals surface area (Å²) < 4.78 is 4.87. The first kappa shape index (κ1) is 13.0. The van der Waals surface area contributed by atoms with Gasteiger partial charge in [-0.2, -0.15) is 0 Å². The Kier molecular flexibility index (Phi) is 4.06. The molecule has 0 heterocycles. The molecule has 0 saturated heterocycles. The Labute approximate surface area is 98.5 Å². The Morgan fingerprint density at radius 2 is 2.35 bits per heavy atom. The van der Waals surface area contributed by atoms with Gasteiger partial charge in [-0.3, -0.25) is 10.1 Å². The maximum atomic E-state index is 10.8. The molecule has 0 saturated carbocycles. The van der Waals surface area contributed by atoms with E-state index in [1.165, 1.54) is 19.2 Å². The van der Waals surface area contributed by atoms with Crippen molar-refractivity contribution in [2.24, 2.45) is 5.73 Å². The SMILES string of the molecule is C=CC[C@H](N)c1cc(OC)c(O)c([N+](=O)[O-])c1. The van der Waals surface area contributed by atoms with Gasteiger partial charge in [0.2, 0.25) is 5.75 Å². The number of nitro benzene ring substituents is 1. The second-order valence-electron chi connectivity index (χ2n) is 3.48. The molecule has 1 aromatic carbocycles. The largest absolute Gasteiger partial charge is 0.500 e. The highest BCUT2D eigenvalue weighted by Gasteiger charge is 2.21. The fraction of sp³-hybridized carbons (Fsp3) is 0.273. The highest BCUT2D eigenvalue weighted by molar-refractivity contribution is 5.57. The van der Waals surface area contributed by atoms with Gasteiger partial charge in [-0.1, -0.05) is 6.08 Å². The zero-order valence-electron chi connectivity index (χ0n) is 9.42. The van der Waals surface area contributed by atoms with Crippen LogP contribution in [0, 0.1) is 10.1 Å². The van der Waals surface area contributed by atoms with Crippen LogP contribution in [-0.4, -0.2) is 17.1 Å². The normalized spacial score (nSPS) is 11.9. The summed E-state index contributed by atoms with van der Waals surface area (Å²) in [6.45, 7) is 3.55. The van der Waals surface area contributed by atoms with Crippen molar-refractivity contribution in [3.8, 4) is 11.5 Å².